The fraction of sp³-hybridized carbons (Fsp3) is 0.0588. The van der Waals surface area contributed by atoms with Gasteiger partial charge in [0.1, 0.15) is 0 Å². The van der Waals surface area contributed by atoms with Crippen LogP contribution in [0.15, 0.2) is 164 Å². The molecule has 12 rings (SSSR count). The Bertz CT molecular complexity index is 3390. The van der Waals surface area contributed by atoms with Crippen LogP contribution in [0.5, 0.6) is 0 Å². The van der Waals surface area contributed by atoms with E-state index in [1.807, 2.05) is 0 Å². The maximum atomic E-state index is 5.69. The highest BCUT2D eigenvalue weighted by atomic mass is 15.2. The highest BCUT2D eigenvalue weighted by Crippen LogP contribution is 2.52. The molecule has 1 aliphatic rings. The molecule has 2 heterocycles. The molecular weight excluding hydrogens is 655 g/mol. The van der Waals surface area contributed by atoms with E-state index in [0.717, 1.165) is 28.0 Å². The number of nitrogens with zero attached hydrogens (tertiary/aromatic N) is 3. The van der Waals surface area contributed by atoms with Gasteiger partial charge in [-0.2, -0.15) is 0 Å². The third kappa shape index (κ3) is 3.85. The van der Waals surface area contributed by atoms with E-state index >= 15 is 0 Å². The summed E-state index contributed by atoms with van der Waals surface area (Å²) in [7, 11) is 0. The number of benzene rings is 9. The lowest BCUT2D eigenvalue weighted by molar-refractivity contribution is 0.657. The van der Waals surface area contributed by atoms with Crippen molar-refractivity contribution in [2.24, 2.45) is 0 Å². The maximum Gasteiger partial charge on any atom is 0.235 e. The standard InChI is InChI=1S/C51H33N3/c1-51(2)42-22-12-11-21-40(42)48-46(51)47(33-24-23-30-13-3-4-15-32(30)29-33)52-50(53-48)54-43-28-27-39-37-19-8-7-17-35(37)36-18-9-10-20-38(36)44(39)45(43)41-26-25-31-14-5-6-16-34(31)49(41)54/h3-29H,1-2H3. The molecule has 0 spiro atoms. The molecule has 0 atom stereocenters. The molecule has 3 heteroatoms. The molecule has 0 unspecified atom stereocenters. The van der Waals surface area contributed by atoms with Crippen molar-refractivity contribution in [2.75, 3.05) is 0 Å². The van der Waals surface area contributed by atoms with Crippen LogP contribution in [0.4, 0.5) is 0 Å². The molecule has 252 valence electrons. The average Bonchev–Trinajstić information content (AvgIpc) is 3.69. The Hall–Kier alpha value is -6.84. The van der Waals surface area contributed by atoms with E-state index in [0.29, 0.717) is 5.95 Å². The van der Waals surface area contributed by atoms with Gasteiger partial charge in [0.15, 0.2) is 0 Å². The molecule has 11 aromatic rings. The van der Waals surface area contributed by atoms with E-state index in [2.05, 4.69) is 182 Å². The summed E-state index contributed by atoms with van der Waals surface area (Å²) in [5, 5.41) is 14.8. The Morgan fingerprint density at radius 2 is 1.02 bits per heavy atom. The van der Waals surface area contributed by atoms with Gasteiger partial charge in [-0.25, -0.2) is 9.97 Å². The monoisotopic (exact) mass is 687 g/mol. The molecular formula is C51H33N3. The Labute approximate surface area is 311 Å². The molecule has 0 bridgehead atoms. The topological polar surface area (TPSA) is 30.7 Å². The lowest BCUT2D eigenvalue weighted by Crippen LogP contribution is -2.18. The Morgan fingerprint density at radius 3 is 1.81 bits per heavy atom. The first kappa shape index (κ1) is 29.7. The lowest BCUT2D eigenvalue weighted by atomic mass is 9.80. The van der Waals surface area contributed by atoms with E-state index in [1.165, 1.54) is 81.3 Å². The van der Waals surface area contributed by atoms with Crippen molar-refractivity contribution in [1.29, 1.82) is 0 Å². The molecule has 0 radical (unpaired) electrons. The molecule has 0 saturated heterocycles. The van der Waals surface area contributed by atoms with Crippen LogP contribution in [0.1, 0.15) is 25.0 Å². The minimum Gasteiger partial charge on any atom is -0.277 e. The second-order valence-corrected chi connectivity index (χ2v) is 15.3. The first-order valence-electron chi connectivity index (χ1n) is 18.8. The normalized spacial score (nSPS) is 13.5. The zero-order valence-electron chi connectivity index (χ0n) is 29.9. The summed E-state index contributed by atoms with van der Waals surface area (Å²) in [6, 6.07) is 59.8. The molecule has 54 heavy (non-hydrogen) atoms. The second-order valence-electron chi connectivity index (χ2n) is 15.3. The molecule has 3 nitrogen and oxygen atoms in total. The van der Waals surface area contributed by atoms with Gasteiger partial charge < -0.3 is 0 Å². The Balaban J connectivity index is 1.29. The van der Waals surface area contributed by atoms with Crippen molar-refractivity contribution in [1.82, 2.24) is 14.5 Å². The van der Waals surface area contributed by atoms with Crippen molar-refractivity contribution in [3.63, 3.8) is 0 Å². The van der Waals surface area contributed by atoms with Crippen LogP contribution in [0.3, 0.4) is 0 Å². The van der Waals surface area contributed by atoms with Gasteiger partial charge in [0.2, 0.25) is 5.95 Å². The van der Waals surface area contributed by atoms with Gasteiger partial charge in [-0.05, 0) is 60.8 Å². The van der Waals surface area contributed by atoms with Crippen molar-refractivity contribution >= 4 is 75.7 Å². The maximum absolute atomic E-state index is 5.69. The summed E-state index contributed by atoms with van der Waals surface area (Å²) < 4.78 is 2.36. The number of hydrogen-bond donors (Lipinski definition) is 0. The molecule has 2 aromatic heterocycles. The van der Waals surface area contributed by atoms with Gasteiger partial charge >= 0.3 is 0 Å². The van der Waals surface area contributed by atoms with E-state index in [-0.39, 0.29) is 5.41 Å². The van der Waals surface area contributed by atoms with Crippen LogP contribution in [0.25, 0.3) is 104 Å². The summed E-state index contributed by atoms with van der Waals surface area (Å²) in [6.07, 6.45) is 0. The zero-order valence-corrected chi connectivity index (χ0v) is 29.9. The van der Waals surface area contributed by atoms with Crippen LogP contribution in [0.2, 0.25) is 0 Å². The van der Waals surface area contributed by atoms with Gasteiger partial charge in [0.05, 0.1) is 22.4 Å². The van der Waals surface area contributed by atoms with Gasteiger partial charge in [0.25, 0.3) is 0 Å². The fourth-order valence-electron chi connectivity index (χ4n) is 9.72. The van der Waals surface area contributed by atoms with Crippen molar-refractivity contribution in [3.8, 4) is 28.5 Å². The van der Waals surface area contributed by atoms with Gasteiger partial charge in [-0.15, -0.1) is 0 Å². The minimum atomic E-state index is -0.283. The summed E-state index contributed by atoms with van der Waals surface area (Å²) in [5.74, 6) is 0.685. The SMILES string of the molecule is CC1(C)c2ccccc2-c2nc(-n3c4ccc5c6ccccc6c6ccccc6c5c4c4ccc5ccccc5c43)nc(-c3ccc4ccccc4c3)c21. The average molecular weight is 688 g/mol. The van der Waals surface area contributed by atoms with Crippen molar-refractivity contribution in [3.05, 3.63) is 175 Å². The van der Waals surface area contributed by atoms with E-state index < -0.39 is 0 Å². The van der Waals surface area contributed by atoms with Gasteiger partial charge in [-0.3, -0.25) is 4.57 Å². The summed E-state index contributed by atoms with van der Waals surface area (Å²) in [4.78, 5) is 11.3. The Kier molecular flexibility index (Phi) is 5.84. The molecule has 9 aromatic carbocycles. The summed E-state index contributed by atoms with van der Waals surface area (Å²) >= 11 is 0. The zero-order chi connectivity index (χ0) is 35.7. The highest BCUT2D eigenvalue weighted by Gasteiger charge is 2.40. The summed E-state index contributed by atoms with van der Waals surface area (Å²) in [5.41, 5.74) is 8.67. The van der Waals surface area contributed by atoms with E-state index in [1.54, 1.807) is 0 Å². The van der Waals surface area contributed by atoms with Gasteiger partial charge in [0, 0.05) is 43.7 Å². The van der Waals surface area contributed by atoms with E-state index in [4.69, 9.17) is 9.97 Å². The molecule has 0 N–H and O–H groups in total. The number of rotatable bonds is 2. The van der Waals surface area contributed by atoms with Crippen molar-refractivity contribution < 1.29 is 0 Å². The minimum absolute atomic E-state index is 0.283. The second kappa shape index (κ2) is 10.6. The van der Waals surface area contributed by atoms with Crippen LogP contribution in [-0.2, 0) is 5.41 Å². The highest BCUT2D eigenvalue weighted by molar-refractivity contribution is 6.36. The first-order valence-corrected chi connectivity index (χ1v) is 18.8. The molecule has 0 aliphatic heterocycles. The number of fused-ring (bicyclic) bond motifs is 16. The van der Waals surface area contributed by atoms with E-state index in [9.17, 15) is 0 Å². The molecule has 0 saturated carbocycles. The summed E-state index contributed by atoms with van der Waals surface area (Å²) in [6.45, 7) is 4.64. The Morgan fingerprint density at radius 1 is 0.444 bits per heavy atom. The van der Waals surface area contributed by atoms with Crippen LogP contribution in [0, 0.1) is 0 Å². The number of aromatic nitrogens is 3. The molecule has 1 aliphatic carbocycles. The van der Waals surface area contributed by atoms with Crippen LogP contribution < -0.4 is 0 Å². The quantitative estimate of drug-likeness (QED) is 0.169. The van der Waals surface area contributed by atoms with Crippen molar-refractivity contribution in [2.45, 2.75) is 19.3 Å². The number of hydrogen-bond acceptors (Lipinski definition) is 2. The predicted octanol–water partition coefficient (Wildman–Crippen LogP) is 13.3. The fourth-order valence-corrected chi connectivity index (χ4v) is 9.72. The third-order valence-corrected chi connectivity index (χ3v) is 12.1. The smallest absolute Gasteiger partial charge is 0.235 e. The largest absolute Gasteiger partial charge is 0.277 e. The molecule has 0 amide bonds. The van der Waals surface area contributed by atoms with Gasteiger partial charge in [-0.1, -0.05) is 166 Å². The van der Waals surface area contributed by atoms with Crippen LogP contribution in [-0.4, -0.2) is 14.5 Å². The van der Waals surface area contributed by atoms with Crippen LogP contribution >= 0.6 is 0 Å². The predicted molar refractivity (Wildman–Crippen MR) is 227 cm³/mol. The first-order chi connectivity index (χ1) is 26.6. The third-order valence-electron chi connectivity index (χ3n) is 12.1. The lowest BCUT2D eigenvalue weighted by Gasteiger charge is -2.24. The molecule has 0 fully saturated rings.